The van der Waals surface area contributed by atoms with E-state index in [1.54, 1.807) is 6.33 Å². The van der Waals surface area contributed by atoms with E-state index < -0.39 is 0 Å². The van der Waals surface area contributed by atoms with Crippen LogP contribution in [0.2, 0.25) is 0 Å². The summed E-state index contributed by atoms with van der Waals surface area (Å²) in [4.78, 5) is 11.1. The summed E-state index contributed by atoms with van der Waals surface area (Å²) < 4.78 is 0. The van der Waals surface area contributed by atoms with Crippen LogP contribution >= 0.6 is 0 Å². The second-order valence-corrected chi connectivity index (χ2v) is 6.78. The zero-order valence-corrected chi connectivity index (χ0v) is 12.6. The van der Waals surface area contributed by atoms with Gasteiger partial charge < -0.3 is 15.5 Å². The molecule has 106 valence electrons. The van der Waals surface area contributed by atoms with Gasteiger partial charge in [0.25, 0.3) is 0 Å². The fourth-order valence-corrected chi connectivity index (χ4v) is 2.36. The molecule has 2 rings (SSSR count). The minimum absolute atomic E-state index is 0.00456. The Morgan fingerprint density at radius 3 is 2.68 bits per heavy atom. The summed E-state index contributed by atoms with van der Waals surface area (Å²) in [5.41, 5.74) is 0.0796. The Balaban J connectivity index is 2.23. The van der Waals surface area contributed by atoms with Crippen molar-refractivity contribution in [2.75, 3.05) is 29.9 Å². The third-order valence-corrected chi connectivity index (χ3v) is 3.23. The Bertz CT molecular complexity index is 436. The smallest absolute Gasteiger partial charge is 0.134 e. The molecule has 1 aliphatic rings. The second-order valence-electron chi connectivity index (χ2n) is 6.78. The molecule has 5 heteroatoms. The first-order valence-corrected chi connectivity index (χ1v) is 6.87. The molecule has 2 heterocycles. The van der Waals surface area contributed by atoms with Crippen LogP contribution in [0.3, 0.4) is 0 Å². The van der Waals surface area contributed by atoms with Gasteiger partial charge in [0.2, 0.25) is 0 Å². The van der Waals surface area contributed by atoms with Gasteiger partial charge in [-0.15, -0.1) is 0 Å². The number of anilines is 2. The Morgan fingerprint density at radius 1 is 1.32 bits per heavy atom. The SMILES string of the molecule is CC(C)(C)Nc1cc(N2CCNCC2(C)C)ncn1. The normalized spacial score (nSPS) is 19.3. The molecule has 0 atom stereocenters. The minimum Gasteiger partial charge on any atom is -0.365 e. The van der Waals surface area contributed by atoms with Gasteiger partial charge in [0.15, 0.2) is 0 Å². The lowest BCUT2D eigenvalue weighted by Crippen LogP contribution is -2.58. The zero-order valence-electron chi connectivity index (χ0n) is 12.6. The molecule has 1 aliphatic heterocycles. The first-order chi connectivity index (χ1) is 8.78. The molecule has 0 bridgehead atoms. The van der Waals surface area contributed by atoms with Crippen LogP contribution in [0.15, 0.2) is 12.4 Å². The molecule has 0 unspecified atom stereocenters. The summed E-state index contributed by atoms with van der Waals surface area (Å²) in [7, 11) is 0. The maximum Gasteiger partial charge on any atom is 0.134 e. The van der Waals surface area contributed by atoms with Crippen molar-refractivity contribution in [3.63, 3.8) is 0 Å². The van der Waals surface area contributed by atoms with E-state index in [-0.39, 0.29) is 11.1 Å². The monoisotopic (exact) mass is 263 g/mol. The Morgan fingerprint density at radius 2 is 2.05 bits per heavy atom. The first kappa shape index (κ1) is 14.1. The average molecular weight is 263 g/mol. The van der Waals surface area contributed by atoms with Crippen molar-refractivity contribution in [3.8, 4) is 0 Å². The molecular formula is C14H25N5. The second kappa shape index (κ2) is 4.96. The Hall–Kier alpha value is -1.36. The van der Waals surface area contributed by atoms with Gasteiger partial charge in [0.1, 0.15) is 18.0 Å². The van der Waals surface area contributed by atoms with E-state index in [9.17, 15) is 0 Å². The van der Waals surface area contributed by atoms with Crippen molar-refractivity contribution in [1.82, 2.24) is 15.3 Å². The van der Waals surface area contributed by atoms with E-state index in [1.165, 1.54) is 0 Å². The highest BCUT2D eigenvalue weighted by Crippen LogP contribution is 2.25. The van der Waals surface area contributed by atoms with Crippen LogP contribution in [0.25, 0.3) is 0 Å². The van der Waals surface area contributed by atoms with Gasteiger partial charge in [-0.2, -0.15) is 0 Å². The lowest BCUT2D eigenvalue weighted by molar-refractivity contribution is 0.377. The van der Waals surface area contributed by atoms with Gasteiger partial charge >= 0.3 is 0 Å². The summed E-state index contributed by atoms with van der Waals surface area (Å²) in [5.74, 6) is 1.88. The van der Waals surface area contributed by atoms with Crippen LogP contribution in [0.5, 0.6) is 0 Å². The summed E-state index contributed by atoms with van der Waals surface area (Å²) in [5, 5.41) is 6.82. The number of piperazine rings is 1. The number of rotatable bonds is 2. The van der Waals surface area contributed by atoms with Crippen molar-refractivity contribution in [2.24, 2.45) is 0 Å². The largest absolute Gasteiger partial charge is 0.365 e. The van der Waals surface area contributed by atoms with Gasteiger partial charge in [0.05, 0.1) is 0 Å². The number of aromatic nitrogens is 2. The van der Waals surface area contributed by atoms with E-state index in [1.807, 2.05) is 6.07 Å². The van der Waals surface area contributed by atoms with E-state index in [0.29, 0.717) is 0 Å². The molecule has 5 nitrogen and oxygen atoms in total. The van der Waals surface area contributed by atoms with Crippen LogP contribution < -0.4 is 15.5 Å². The lowest BCUT2D eigenvalue weighted by Gasteiger charge is -2.43. The molecule has 2 N–H and O–H groups in total. The first-order valence-electron chi connectivity index (χ1n) is 6.87. The van der Waals surface area contributed by atoms with Crippen LogP contribution in [0, 0.1) is 0 Å². The third kappa shape index (κ3) is 3.56. The van der Waals surface area contributed by atoms with Crippen LogP contribution in [0.1, 0.15) is 34.6 Å². The molecule has 1 aromatic rings. The fraction of sp³-hybridized carbons (Fsp3) is 0.714. The van der Waals surface area contributed by atoms with Gasteiger partial charge in [0, 0.05) is 36.8 Å². The molecule has 0 saturated carbocycles. The summed E-state index contributed by atoms with van der Waals surface area (Å²) in [6, 6.07) is 2.04. The van der Waals surface area contributed by atoms with E-state index in [4.69, 9.17) is 0 Å². The van der Waals surface area contributed by atoms with Gasteiger partial charge in [-0.25, -0.2) is 9.97 Å². The molecule has 0 radical (unpaired) electrons. The maximum absolute atomic E-state index is 4.44. The molecule has 1 saturated heterocycles. The van der Waals surface area contributed by atoms with Crippen molar-refractivity contribution < 1.29 is 0 Å². The predicted molar refractivity (Wildman–Crippen MR) is 79.7 cm³/mol. The minimum atomic E-state index is 0.00456. The molecular weight excluding hydrogens is 238 g/mol. The quantitative estimate of drug-likeness (QED) is 0.853. The highest BCUT2D eigenvalue weighted by Gasteiger charge is 2.30. The number of hydrogen-bond acceptors (Lipinski definition) is 5. The molecule has 0 aromatic carbocycles. The fourth-order valence-electron chi connectivity index (χ4n) is 2.36. The number of nitrogens with zero attached hydrogens (tertiary/aromatic N) is 3. The molecule has 0 spiro atoms. The van der Waals surface area contributed by atoms with Gasteiger partial charge in [-0.3, -0.25) is 0 Å². The van der Waals surface area contributed by atoms with Gasteiger partial charge in [-0.1, -0.05) is 0 Å². The van der Waals surface area contributed by atoms with Crippen molar-refractivity contribution in [1.29, 1.82) is 0 Å². The van der Waals surface area contributed by atoms with Crippen LogP contribution in [-0.2, 0) is 0 Å². The highest BCUT2D eigenvalue weighted by molar-refractivity contribution is 5.51. The molecule has 0 amide bonds. The average Bonchev–Trinajstić information content (AvgIpc) is 2.26. The third-order valence-electron chi connectivity index (χ3n) is 3.23. The van der Waals surface area contributed by atoms with Crippen molar-refractivity contribution >= 4 is 11.6 Å². The van der Waals surface area contributed by atoms with E-state index >= 15 is 0 Å². The van der Waals surface area contributed by atoms with Crippen molar-refractivity contribution in [2.45, 2.75) is 45.7 Å². The van der Waals surface area contributed by atoms with E-state index in [0.717, 1.165) is 31.3 Å². The van der Waals surface area contributed by atoms with E-state index in [2.05, 4.69) is 60.1 Å². The lowest BCUT2D eigenvalue weighted by atomic mass is 10.0. The van der Waals surface area contributed by atoms with Gasteiger partial charge in [-0.05, 0) is 34.6 Å². The predicted octanol–water partition coefficient (Wildman–Crippen LogP) is 1.88. The highest BCUT2D eigenvalue weighted by atomic mass is 15.3. The van der Waals surface area contributed by atoms with Crippen molar-refractivity contribution in [3.05, 3.63) is 12.4 Å². The summed E-state index contributed by atoms with van der Waals surface area (Å²) in [6.45, 7) is 13.8. The Kier molecular flexibility index (Phi) is 3.67. The van der Waals surface area contributed by atoms with Crippen LogP contribution in [0.4, 0.5) is 11.6 Å². The maximum atomic E-state index is 4.44. The molecule has 1 aromatic heterocycles. The Labute approximate surface area is 115 Å². The topological polar surface area (TPSA) is 53.1 Å². The molecule has 1 fully saturated rings. The standard InChI is InChI=1S/C14H25N5/c1-13(2,3)18-11-8-12(17-10-16-11)19-7-6-15-9-14(19,4)5/h8,10,15H,6-7,9H2,1-5H3,(H,16,17,18). The number of nitrogens with one attached hydrogen (secondary N) is 2. The molecule has 19 heavy (non-hydrogen) atoms. The van der Waals surface area contributed by atoms with Crippen LogP contribution in [-0.4, -0.2) is 40.7 Å². The summed E-state index contributed by atoms with van der Waals surface area (Å²) >= 11 is 0. The zero-order chi connectivity index (χ0) is 14.1. The molecule has 0 aliphatic carbocycles. The number of hydrogen-bond donors (Lipinski definition) is 2. The summed E-state index contributed by atoms with van der Waals surface area (Å²) in [6.07, 6.45) is 1.64.